The molecule has 24 heteroatoms. The van der Waals surface area contributed by atoms with Gasteiger partial charge in [0.05, 0.1) is 85.6 Å². The third-order valence-corrected chi connectivity index (χ3v) is 23.9. The van der Waals surface area contributed by atoms with Crippen molar-refractivity contribution in [2.75, 3.05) is 42.6 Å². The van der Waals surface area contributed by atoms with Crippen LogP contribution >= 0.6 is 0 Å². The molecule has 4 aliphatic carbocycles. The number of hydrogen-bond donors (Lipinski definition) is 15. The molecule has 8 aromatic carbocycles. The van der Waals surface area contributed by atoms with Crippen LogP contribution in [0.1, 0.15) is 6.42 Å². The lowest BCUT2D eigenvalue weighted by Crippen LogP contribution is -2.71. The summed E-state index contributed by atoms with van der Waals surface area (Å²) in [6.45, 7) is 0. The molecule has 104 heavy (non-hydrogen) atoms. The van der Waals surface area contributed by atoms with Gasteiger partial charge in [-0.2, -0.15) is 5.01 Å². The molecule has 8 bridgehead atoms. The Kier molecular flexibility index (Phi) is 19.3. The summed E-state index contributed by atoms with van der Waals surface area (Å²) in [4.78, 5) is 0. The maximum Gasteiger partial charge on any atom is 0.165 e. The molecule has 0 spiro atoms. The van der Waals surface area contributed by atoms with E-state index >= 15 is 35.1 Å². The van der Waals surface area contributed by atoms with E-state index < -0.39 is 182 Å². The van der Waals surface area contributed by atoms with Crippen molar-refractivity contribution < 1.29 is 35.1 Å². The average Bonchev–Trinajstić information content (AvgIpc) is 1.54. The van der Waals surface area contributed by atoms with E-state index in [2.05, 4.69) is 84.9 Å². The highest BCUT2D eigenvalue weighted by Crippen LogP contribution is 2.53. The number of alkyl halides is 8. The fourth-order valence-corrected chi connectivity index (χ4v) is 19.5. The Bertz CT molecular complexity index is 4080. The molecule has 9 aliphatic rings. The van der Waals surface area contributed by atoms with Gasteiger partial charge >= 0.3 is 0 Å². The van der Waals surface area contributed by atoms with E-state index in [1.165, 1.54) is 0 Å². The topological polar surface area (TPSA) is 184 Å². The van der Waals surface area contributed by atoms with E-state index in [-0.39, 0.29) is 6.04 Å². The fourth-order valence-electron chi connectivity index (χ4n) is 19.5. The second kappa shape index (κ2) is 29.3. The second-order valence-corrected chi connectivity index (χ2v) is 29.6. The molecular weight excluding hydrogens is 1340 g/mol. The summed E-state index contributed by atoms with van der Waals surface area (Å²) in [6.07, 6.45) is -30.7. The van der Waals surface area contributed by atoms with Gasteiger partial charge in [-0.25, -0.2) is 35.1 Å². The molecule has 31 atom stereocenters. The predicted octanol–water partition coefficient (Wildman–Crippen LogP) is 11.6. The lowest BCUT2D eigenvalue weighted by molar-refractivity contribution is -0.0875. The molecule has 31 unspecified atom stereocenters. The molecule has 5 heterocycles. The third kappa shape index (κ3) is 13.0. The van der Waals surface area contributed by atoms with E-state index in [1.54, 1.807) is 0 Å². The molecule has 16 nitrogen and oxygen atoms in total. The van der Waals surface area contributed by atoms with Gasteiger partial charge in [-0.15, -0.1) is 0 Å². The zero-order chi connectivity index (χ0) is 70.7. The molecule has 17 rings (SSSR count). The van der Waals surface area contributed by atoms with Crippen molar-refractivity contribution >= 4 is 45.5 Å². The normalized spacial score (nSPS) is 39.9. The number of benzene rings is 8. The van der Waals surface area contributed by atoms with Gasteiger partial charge in [0.2, 0.25) is 0 Å². The van der Waals surface area contributed by atoms with Crippen molar-refractivity contribution in [2.24, 2.45) is 47.3 Å². The Morgan fingerprint density at radius 1 is 0.231 bits per heavy atom. The zero-order valence-electron chi connectivity index (χ0n) is 56.7. The first-order valence-electron chi connectivity index (χ1n) is 36.6. The van der Waals surface area contributed by atoms with Gasteiger partial charge in [-0.05, 0) is 109 Å². The fraction of sp³-hybridized carbons (Fsp3) is 0.400. The molecule has 15 N–H and O–H groups in total. The number of rotatable bonds is 16. The molecule has 0 amide bonds. The van der Waals surface area contributed by atoms with Gasteiger partial charge < -0.3 is 42.6 Å². The molecule has 4 saturated carbocycles. The number of anilines is 8. The molecule has 5 saturated heterocycles. The molecule has 0 aromatic heterocycles. The van der Waals surface area contributed by atoms with E-state index in [1.807, 2.05) is 243 Å². The standard InChI is InChI=1S/C80H88F8N16/c81-59-53-54(60(82)64(86)63(59)85)76-98-75(53)97-73-50-41-51(89-42-25-9-1-10-26-42)67(90-43-27-11-2-12-28-43)68(91-44-29-13-3-14-30-44)52(50)74(96-73)101-79-57-58(80(104(79)103-49-39-23-8-24-40-49)102-78-56-55(77(99-76)100-78)61(83)65(87)66(88)62(56)84)70(93-46-33-17-5-18-34-46)72(95-48-37-21-7-22-38-48)71(94-47-35-19-6-20-36-47)69(57)92-45-31-15-4-16-32-45/h1-40,50-80,89-103H,41H2. The first kappa shape index (κ1) is 68.4. The van der Waals surface area contributed by atoms with Crippen LogP contribution < -0.4 is 79.9 Å². The van der Waals surface area contributed by atoms with E-state index in [0.29, 0.717) is 12.1 Å². The smallest absolute Gasteiger partial charge is 0.165 e. The molecule has 544 valence electrons. The number of halogens is 8. The number of nitrogens with zero attached hydrogens (tertiary/aromatic N) is 1. The van der Waals surface area contributed by atoms with Gasteiger partial charge in [0.15, 0.2) is 24.7 Å². The minimum Gasteiger partial charge on any atom is -0.380 e. The minimum atomic E-state index is -2.92. The highest BCUT2D eigenvalue weighted by atomic mass is 19.2. The lowest BCUT2D eigenvalue weighted by Gasteiger charge is -2.53. The van der Waals surface area contributed by atoms with Gasteiger partial charge in [0.25, 0.3) is 0 Å². The van der Waals surface area contributed by atoms with E-state index in [0.717, 1.165) is 39.8 Å². The minimum absolute atomic E-state index is 0.373. The molecular formula is C80H88F8N16. The van der Waals surface area contributed by atoms with Crippen molar-refractivity contribution in [1.82, 2.24) is 42.2 Å². The van der Waals surface area contributed by atoms with E-state index in [4.69, 9.17) is 0 Å². The van der Waals surface area contributed by atoms with Crippen molar-refractivity contribution in [1.29, 1.82) is 0 Å². The molecule has 5 aliphatic heterocycles. The molecule has 8 aromatic rings. The Morgan fingerprint density at radius 3 is 0.788 bits per heavy atom. The Morgan fingerprint density at radius 2 is 0.471 bits per heavy atom. The van der Waals surface area contributed by atoms with Crippen molar-refractivity contribution in [3.05, 3.63) is 243 Å². The maximum absolute atomic E-state index is 17.9. The quantitative estimate of drug-likeness (QED) is 0.0410. The van der Waals surface area contributed by atoms with Gasteiger partial charge in [0.1, 0.15) is 24.7 Å². The van der Waals surface area contributed by atoms with Crippen LogP contribution in [0.3, 0.4) is 0 Å². The summed E-state index contributed by atoms with van der Waals surface area (Å²) >= 11 is 0. The van der Waals surface area contributed by atoms with Crippen LogP contribution in [0.4, 0.5) is 80.6 Å². The number of fused-ring (bicyclic) bond motifs is 20. The SMILES string of the molecule is FC1C(F)C(F)C2C3NC(NC4NC(NC5C6C(Nc7ccccc7)C(Nc7ccccc7)C(Nc7ccccc7)C(Nc7ccccc7)C6C(NC6NC(N3)C3C(F)C(F)C(F)C(F)C63)N5Nc3ccccc3)C3C4CC(Nc4ccccc4)C(Nc4ccccc4)C3Nc3ccccc3)C2C1F. The number of hydrazine groups is 1. The molecule has 0 radical (unpaired) electrons. The number of hydrogen-bond acceptors (Lipinski definition) is 16. The third-order valence-electron chi connectivity index (χ3n) is 23.9. The highest BCUT2D eigenvalue weighted by Gasteiger charge is 2.69. The van der Waals surface area contributed by atoms with Crippen LogP contribution in [0.2, 0.25) is 0 Å². The van der Waals surface area contributed by atoms with Crippen molar-refractivity contribution in [3.63, 3.8) is 0 Å². The van der Waals surface area contributed by atoms with Gasteiger partial charge in [-0.1, -0.05) is 146 Å². The first-order chi connectivity index (χ1) is 50.9. The summed E-state index contributed by atoms with van der Waals surface area (Å²) in [5.74, 6) is -8.81. The first-order valence-corrected chi connectivity index (χ1v) is 36.6. The van der Waals surface area contributed by atoms with Crippen LogP contribution in [0.15, 0.2) is 243 Å². The van der Waals surface area contributed by atoms with Crippen LogP contribution in [-0.4, -0.2) is 146 Å². The maximum atomic E-state index is 17.9. The summed E-state index contributed by atoms with van der Waals surface area (Å²) in [5, 5.41) is 56.7. The van der Waals surface area contributed by atoms with E-state index in [9.17, 15) is 0 Å². The number of nitrogens with one attached hydrogen (secondary N) is 15. The highest BCUT2D eigenvalue weighted by molar-refractivity contribution is 5.57. The summed E-state index contributed by atoms with van der Waals surface area (Å²) < 4.78 is 137. The lowest BCUT2D eigenvalue weighted by atomic mass is 9.66. The van der Waals surface area contributed by atoms with Crippen LogP contribution in [0.5, 0.6) is 0 Å². The van der Waals surface area contributed by atoms with Crippen LogP contribution in [-0.2, 0) is 0 Å². The summed E-state index contributed by atoms with van der Waals surface area (Å²) in [5.41, 5.74) is 10.3. The summed E-state index contributed by atoms with van der Waals surface area (Å²) in [7, 11) is 0. The van der Waals surface area contributed by atoms with Crippen molar-refractivity contribution in [2.45, 2.75) is 147 Å². The van der Waals surface area contributed by atoms with Crippen LogP contribution in [0, 0.1) is 47.3 Å². The monoisotopic (exact) mass is 1420 g/mol. The largest absolute Gasteiger partial charge is 0.380 e. The Balaban J connectivity index is 0.910. The Labute approximate surface area is 600 Å². The molecule has 9 fully saturated rings. The van der Waals surface area contributed by atoms with Crippen molar-refractivity contribution in [3.8, 4) is 0 Å². The predicted molar refractivity (Wildman–Crippen MR) is 393 cm³/mol. The summed E-state index contributed by atoms with van der Waals surface area (Å²) in [6, 6.07) is 75.6. The van der Waals surface area contributed by atoms with Crippen LogP contribution in [0.25, 0.3) is 0 Å². The van der Waals surface area contributed by atoms with Gasteiger partial charge in [-0.3, -0.25) is 37.2 Å². The second-order valence-electron chi connectivity index (χ2n) is 29.6. The zero-order valence-corrected chi connectivity index (χ0v) is 56.7. The Hall–Kier alpha value is -8.72. The average molecular weight is 1430 g/mol. The van der Waals surface area contributed by atoms with Gasteiger partial charge in [0, 0.05) is 93.0 Å². The number of para-hydroxylation sites is 8.